The van der Waals surface area contributed by atoms with Crippen molar-refractivity contribution in [1.29, 1.82) is 0 Å². The highest BCUT2D eigenvalue weighted by Gasteiger charge is 2.38. The maximum absolute atomic E-state index is 10.6. The molecule has 0 aromatic carbocycles. The highest BCUT2D eigenvalue weighted by Crippen LogP contribution is 2.45. The second-order valence-electron chi connectivity index (χ2n) is 6.59. The summed E-state index contributed by atoms with van der Waals surface area (Å²) in [5.41, 5.74) is 0.701. The van der Waals surface area contributed by atoms with Gasteiger partial charge in [0, 0.05) is 6.42 Å². The van der Waals surface area contributed by atoms with E-state index in [4.69, 9.17) is 9.90 Å². The lowest BCUT2D eigenvalue weighted by Crippen LogP contribution is -2.39. The van der Waals surface area contributed by atoms with Crippen molar-refractivity contribution in [2.45, 2.75) is 64.0 Å². The molecule has 2 fully saturated rings. The van der Waals surface area contributed by atoms with E-state index in [0.29, 0.717) is 5.41 Å². The average Bonchev–Trinajstić information content (AvgIpc) is 2.50. The van der Waals surface area contributed by atoms with Crippen molar-refractivity contribution in [3.05, 3.63) is 0 Å². The average molecular weight is 337 g/mol. The van der Waals surface area contributed by atoms with E-state index in [2.05, 4.69) is 5.32 Å². The molecule has 0 bridgehead atoms. The van der Waals surface area contributed by atoms with E-state index in [9.17, 15) is 18.0 Å². The fraction of sp³-hybridized carbons (Fsp3) is 0.875. The summed E-state index contributed by atoms with van der Waals surface area (Å²) in [4.78, 5) is 19.2. The Labute approximate surface area is 134 Å². The SMILES string of the molecule is O=C(O)C(F)(F)F.O=CCCCC1CCC2(CCNCC2)CC1. The zero-order valence-electron chi connectivity index (χ0n) is 13.3. The number of aliphatic carboxylic acids is 1. The molecule has 0 aromatic heterocycles. The summed E-state index contributed by atoms with van der Waals surface area (Å²) in [7, 11) is 0. The zero-order valence-corrected chi connectivity index (χ0v) is 13.3. The van der Waals surface area contributed by atoms with Crippen molar-refractivity contribution < 1.29 is 27.9 Å². The minimum Gasteiger partial charge on any atom is -0.475 e. The second-order valence-corrected chi connectivity index (χ2v) is 6.59. The van der Waals surface area contributed by atoms with E-state index < -0.39 is 12.1 Å². The molecule has 1 spiro atoms. The van der Waals surface area contributed by atoms with Crippen molar-refractivity contribution in [2.24, 2.45) is 11.3 Å². The van der Waals surface area contributed by atoms with Crippen LogP contribution in [0.4, 0.5) is 13.2 Å². The van der Waals surface area contributed by atoms with Crippen LogP contribution in [0.15, 0.2) is 0 Å². The highest BCUT2D eigenvalue weighted by atomic mass is 19.4. The van der Waals surface area contributed by atoms with Gasteiger partial charge in [-0.2, -0.15) is 13.2 Å². The van der Waals surface area contributed by atoms with E-state index in [0.717, 1.165) is 25.0 Å². The second kappa shape index (κ2) is 9.25. The monoisotopic (exact) mass is 337 g/mol. The van der Waals surface area contributed by atoms with Crippen LogP contribution in [0.2, 0.25) is 0 Å². The predicted molar refractivity (Wildman–Crippen MR) is 80.1 cm³/mol. The summed E-state index contributed by atoms with van der Waals surface area (Å²) in [5.74, 6) is -1.84. The fourth-order valence-corrected chi connectivity index (χ4v) is 3.53. The van der Waals surface area contributed by atoms with Gasteiger partial charge < -0.3 is 15.2 Å². The third kappa shape index (κ3) is 7.33. The molecule has 0 radical (unpaired) electrons. The summed E-state index contributed by atoms with van der Waals surface area (Å²) in [6.07, 6.45) is 7.67. The van der Waals surface area contributed by atoms with E-state index >= 15 is 0 Å². The summed E-state index contributed by atoms with van der Waals surface area (Å²) >= 11 is 0. The number of hydrogen-bond donors (Lipinski definition) is 2. The molecular weight excluding hydrogens is 311 g/mol. The lowest BCUT2D eigenvalue weighted by molar-refractivity contribution is -0.192. The van der Waals surface area contributed by atoms with Crippen molar-refractivity contribution >= 4 is 12.3 Å². The largest absolute Gasteiger partial charge is 0.490 e. The summed E-state index contributed by atoms with van der Waals surface area (Å²) < 4.78 is 31.7. The quantitative estimate of drug-likeness (QED) is 0.608. The van der Waals surface area contributed by atoms with Gasteiger partial charge in [0.2, 0.25) is 0 Å². The van der Waals surface area contributed by atoms with Gasteiger partial charge in [-0.3, -0.25) is 0 Å². The van der Waals surface area contributed by atoms with Gasteiger partial charge in [-0.1, -0.05) is 6.42 Å². The van der Waals surface area contributed by atoms with Crippen LogP contribution in [0, 0.1) is 11.3 Å². The summed E-state index contributed by atoms with van der Waals surface area (Å²) in [5, 5.41) is 10.6. The number of carboxylic acids is 1. The lowest BCUT2D eigenvalue weighted by atomic mass is 9.65. The molecule has 2 rings (SSSR count). The normalized spacial score (nSPS) is 21.3. The smallest absolute Gasteiger partial charge is 0.475 e. The van der Waals surface area contributed by atoms with Crippen molar-refractivity contribution in [2.75, 3.05) is 13.1 Å². The van der Waals surface area contributed by atoms with Gasteiger partial charge in [0.15, 0.2) is 0 Å². The fourth-order valence-electron chi connectivity index (χ4n) is 3.53. The van der Waals surface area contributed by atoms with Crippen molar-refractivity contribution in [3.63, 3.8) is 0 Å². The maximum atomic E-state index is 10.6. The molecule has 0 amide bonds. The van der Waals surface area contributed by atoms with Crippen LogP contribution in [0.1, 0.15) is 57.8 Å². The molecule has 134 valence electrons. The Morgan fingerprint density at radius 3 is 2.13 bits per heavy atom. The molecule has 4 nitrogen and oxygen atoms in total. The maximum Gasteiger partial charge on any atom is 0.490 e. The van der Waals surface area contributed by atoms with Crippen molar-refractivity contribution in [3.8, 4) is 0 Å². The highest BCUT2D eigenvalue weighted by molar-refractivity contribution is 5.73. The Kier molecular flexibility index (Phi) is 8.02. The molecule has 1 saturated heterocycles. The van der Waals surface area contributed by atoms with Crippen LogP contribution in [-0.2, 0) is 9.59 Å². The van der Waals surface area contributed by atoms with E-state index in [1.807, 2.05) is 0 Å². The first kappa shape index (κ1) is 19.9. The van der Waals surface area contributed by atoms with Crippen LogP contribution in [0.5, 0.6) is 0 Å². The van der Waals surface area contributed by atoms with Crippen LogP contribution in [0.3, 0.4) is 0 Å². The zero-order chi connectivity index (χ0) is 17.3. The minimum atomic E-state index is -5.08. The number of unbranched alkanes of at least 4 members (excludes halogenated alkanes) is 1. The Bertz CT molecular complexity index is 369. The number of carbonyl (C=O) groups excluding carboxylic acids is 1. The summed E-state index contributed by atoms with van der Waals surface area (Å²) in [6, 6.07) is 0. The molecule has 2 N–H and O–H groups in total. The molecule has 1 saturated carbocycles. The molecule has 0 atom stereocenters. The van der Waals surface area contributed by atoms with Gasteiger partial charge in [0.05, 0.1) is 0 Å². The lowest BCUT2D eigenvalue weighted by Gasteiger charge is -2.43. The van der Waals surface area contributed by atoms with Crippen LogP contribution in [0.25, 0.3) is 0 Å². The standard InChI is InChI=1S/C14H25NO.C2HF3O2/c16-12-2-1-3-13-4-6-14(7-5-13)8-10-15-11-9-14;3-2(4,5)1(6)7/h12-13,15H,1-11H2;(H,6,7). The molecular formula is C16H26F3NO3. The number of piperidine rings is 1. The molecule has 1 heterocycles. The van der Waals surface area contributed by atoms with E-state index in [1.54, 1.807) is 0 Å². The Morgan fingerprint density at radius 1 is 1.17 bits per heavy atom. The van der Waals surface area contributed by atoms with E-state index in [1.165, 1.54) is 58.0 Å². The van der Waals surface area contributed by atoms with Gasteiger partial charge in [-0.15, -0.1) is 0 Å². The third-order valence-corrected chi connectivity index (χ3v) is 5.01. The van der Waals surface area contributed by atoms with Gasteiger partial charge in [-0.05, 0) is 69.4 Å². The van der Waals surface area contributed by atoms with Gasteiger partial charge in [0.25, 0.3) is 0 Å². The number of rotatable bonds is 4. The first-order chi connectivity index (χ1) is 10.8. The van der Waals surface area contributed by atoms with E-state index in [-0.39, 0.29) is 0 Å². The number of carbonyl (C=O) groups is 2. The minimum absolute atomic E-state index is 0.701. The molecule has 0 aromatic rings. The van der Waals surface area contributed by atoms with Gasteiger partial charge in [-0.25, -0.2) is 4.79 Å². The Hall–Kier alpha value is -1.11. The molecule has 0 unspecified atom stereocenters. The number of hydrogen-bond acceptors (Lipinski definition) is 3. The first-order valence-corrected chi connectivity index (χ1v) is 8.23. The van der Waals surface area contributed by atoms with Crippen LogP contribution in [-0.4, -0.2) is 36.6 Å². The van der Waals surface area contributed by atoms with Crippen LogP contribution < -0.4 is 5.32 Å². The number of aldehydes is 1. The topological polar surface area (TPSA) is 66.4 Å². The number of halogens is 3. The molecule has 1 aliphatic heterocycles. The first-order valence-electron chi connectivity index (χ1n) is 8.23. The summed E-state index contributed by atoms with van der Waals surface area (Å²) in [6.45, 7) is 2.46. The molecule has 7 heteroatoms. The number of nitrogens with one attached hydrogen (secondary N) is 1. The predicted octanol–water partition coefficient (Wildman–Crippen LogP) is 3.55. The molecule has 1 aliphatic carbocycles. The molecule has 23 heavy (non-hydrogen) atoms. The Morgan fingerprint density at radius 2 is 1.70 bits per heavy atom. The molecule has 2 aliphatic rings. The Balaban J connectivity index is 0.000000322. The van der Waals surface area contributed by atoms with Crippen LogP contribution >= 0.6 is 0 Å². The van der Waals surface area contributed by atoms with Crippen molar-refractivity contribution in [1.82, 2.24) is 5.32 Å². The third-order valence-electron chi connectivity index (χ3n) is 5.01. The number of alkyl halides is 3. The van der Waals surface area contributed by atoms with Gasteiger partial charge in [0.1, 0.15) is 6.29 Å². The van der Waals surface area contributed by atoms with Gasteiger partial charge >= 0.3 is 12.1 Å². The number of carboxylic acid groups (broad SMARTS) is 1.